The average Bonchev–Trinajstić information content (AvgIpc) is 3.33. The molecule has 1 amide bonds. The number of para-hydroxylation sites is 1. The minimum absolute atomic E-state index is 0.0332. The Bertz CT molecular complexity index is 1250. The molecule has 9 heteroatoms. The molecule has 31 heavy (non-hydrogen) atoms. The van der Waals surface area contributed by atoms with Crippen LogP contribution < -0.4 is 10.1 Å². The van der Waals surface area contributed by atoms with E-state index < -0.39 is 6.61 Å². The Hall–Kier alpha value is -3.75. The summed E-state index contributed by atoms with van der Waals surface area (Å²) in [6, 6.07) is 10.6. The van der Waals surface area contributed by atoms with Crippen molar-refractivity contribution in [2.45, 2.75) is 32.0 Å². The highest BCUT2D eigenvalue weighted by atomic mass is 19.3. The summed E-state index contributed by atoms with van der Waals surface area (Å²) in [6.07, 6.45) is 9.46. The van der Waals surface area contributed by atoms with Crippen LogP contribution in [0.4, 0.5) is 8.78 Å². The van der Waals surface area contributed by atoms with E-state index in [2.05, 4.69) is 20.1 Å². The maximum atomic E-state index is 12.8. The van der Waals surface area contributed by atoms with E-state index in [0.29, 0.717) is 22.9 Å². The Balaban J connectivity index is 1.36. The number of amides is 1. The van der Waals surface area contributed by atoms with Gasteiger partial charge in [-0.25, -0.2) is 4.98 Å². The van der Waals surface area contributed by atoms with Crippen LogP contribution in [0.15, 0.2) is 61.2 Å². The smallest absolute Gasteiger partial charge is 0.387 e. The van der Waals surface area contributed by atoms with E-state index in [1.165, 1.54) is 12.3 Å². The number of nitrogens with zero attached hydrogens (tertiary/aromatic N) is 4. The van der Waals surface area contributed by atoms with Gasteiger partial charge in [0.05, 0.1) is 18.4 Å². The van der Waals surface area contributed by atoms with Gasteiger partial charge in [0.2, 0.25) is 0 Å². The minimum Gasteiger partial charge on any atom is -0.434 e. The lowest BCUT2D eigenvalue weighted by molar-refractivity contribution is -0.0504. The molecule has 0 bridgehead atoms. The molecule has 158 valence electrons. The van der Waals surface area contributed by atoms with E-state index in [9.17, 15) is 13.6 Å². The number of fused-ring (bicyclic) bond motifs is 1. The van der Waals surface area contributed by atoms with Gasteiger partial charge in [0, 0.05) is 35.6 Å². The average molecular weight is 423 g/mol. The van der Waals surface area contributed by atoms with E-state index in [0.717, 1.165) is 24.0 Å². The Morgan fingerprint density at radius 1 is 1.13 bits per heavy atom. The SMILES string of the molecule is O=C(NCc1ccccc1OC(F)F)c1cnc2ccc(-c3cnn(C4CC4)c3)cn12. The normalized spacial score (nSPS) is 13.6. The van der Waals surface area contributed by atoms with Gasteiger partial charge in [-0.05, 0) is 31.0 Å². The molecular weight excluding hydrogens is 404 g/mol. The van der Waals surface area contributed by atoms with Gasteiger partial charge in [0.1, 0.15) is 17.1 Å². The third-order valence-electron chi connectivity index (χ3n) is 5.22. The zero-order valence-corrected chi connectivity index (χ0v) is 16.4. The number of benzene rings is 1. The standard InChI is InChI=1S/C22H19F2N5O2/c23-22(24)31-19-4-2-1-3-14(19)9-26-21(30)18-11-25-20-8-5-15(12-28(18)20)16-10-27-29(13-16)17-6-7-17/h1-5,8,10-13,17,22H,6-7,9H2,(H,26,30). The zero-order chi connectivity index (χ0) is 21.4. The molecule has 0 spiro atoms. The summed E-state index contributed by atoms with van der Waals surface area (Å²) >= 11 is 0. The van der Waals surface area contributed by atoms with Crippen LogP contribution in [-0.4, -0.2) is 31.7 Å². The quantitative estimate of drug-likeness (QED) is 0.487. The maximum Gasteiger partial charge on any atom is 0.387 e. The summed E-state index contributed by atoms with van der Waals surface area (Å²) in [7, 11) is 0. The first-order chi connectivity index (χ1) is 15.1. The minimum atomic E-state index is -2.93. The van der Waals surface area contributed by atoms with Crippen LogP contribution in [0.1, 0.15) is 34.9 Å². The Kier molecular flexibility index (Phi) is 4.85. The van der Waals surface area contributed by atoms with Gasteiger partial charge in [-0.2, -0.15) is 13.9 Å². The highest BCUT2D eigenvalue weighted by Gasteiger charge is 2.24. The molecule has 0 atom stereocenters. The first kappa shape index (κ1) is 19.2. The number of pyridine rings is 1. The van der Waals surface area contributed by atoms with Crippen molar-refractivity contribution in [1.82, 2.24) is 24.5 Å². The van der Waals surface area contributed by atoms with Crippen molar-refractivity contribution in [3.05, 3.63) is 72.4 Å². The molecule has 0 unspecified atom stereocenters. The molecule has 1 fully saturated rings. The van der Waals surface area contributed by atoms with E-state index >= 15 is 0 Å². The highest BCUT2D eigenvalue weighted by molar-refractivity contribution is 5.93. The second-order valence-corrected chi connectivity index (χ2v) is 7.40. The molecular formula is C22H19F2N5O2. The fourth-order valence-corrected chi connectivity index (χ4v) is 3.47. The van der Waals surface area contributed by atoms with Crippen molar-refractivity contribution in [3.63, 3.8) is 0 Å². The number of halogens is 2. The number of ether oxygens (including phenoxy) is 1. The molecule has 1 aliphatic carbocycles. The molecule has 3 aromatic heterocycles. The molecule has 7 nitrogen and oxygen atoms in total. The molecule has 3 heterocycles. The molecule has 0 saturated heterocycles. The molecule has 1 saturated carbocycles. The van der Waals surface area contributed by atoms with E-state index in [-0.39, 0.29) is 18.2 Å². The lowest BCUT2D eigenvalue weighted by atomic mass is 10.1. The predicted octanol–water partition coefficient (Wildman–Crippen LogP) is 4.06. The first-order valence-corrected chi connectivity index (χ1v) is 9.91. The molecule has 1 aromatic carbocycles. The van der Waals surface area contributed by atoms with E-state index in [4.69, 9.17) is 0 Å². The van der Waals surface area contributed by atoms with Gasteiger partial charge < -0.3 is 10.1 Å². The second kappa shape index (κ2) is 7.82. The van der Waals surface area contributed by atoms with Crippen molar-refractivity contribution >= 4 is 11.6 Å². The molecule has 1 N–H and O–H groups in total. The summed E-state index contributed by atoms with van der Waals surface area (Å²) in [5.74, 6) is -0.337. The third-order valence-corrected chi connectivity index (χ3v) is 5.22. The number of nitrogens with one attached hydrogen (secondary N) is 1. The molecule has 1 aliphatic rings. The monoisotopic (exact) mass is 423 g/mol. The van der Waals surface area contributed by atoms with Gasteiger partial charge >= 0.3 is 6.61 Å². The lowest BCUT2D eigenvalue weighted by Crippen LogP contribution is -2.24. The number of hydrogen-bond acceptors (Lipinski definition) is 4. The summed E-state index contributed by atoms with van der Waals surface area (Å²) in [4.78, 5) is 17.1. The van der Waals surface area contributed by atoms with Crippen molar-refractivity contribution < 1.29 is 18.3 Å². The Morgan fingerprint density at radius 2 is 1.97 bits per heavy atom. The maximum absolute atomic E-state index is 12.8. The van der Waals surface area contributed by atoms with Crippen LogP contribution in [0.3, 0.4) is 0 Å². The lowest BCUT2D eigenvalue weighted by Gasteiger charge is -2.11. The van der Waals surface area contributed by atoms with Gasteiger partial charge in [-0.15, -0.1) is 0 Å². The van der Waals surface area contributed by atoms with Crippen LogP contribution in [-0.2, 0) is 6.54 Å². The Labute approximate surface area is 176 Å². The molecule has 5 rings (SSSR count). The summed E-state index contributed by atoms with van der Waals surface area (Å²) in [5, 5.41) is 7.17. The topological polar surface area (TPSA) is 73.4 Å². The van der Waals surface area contributed by atoms with Crippen LogP contribution in [0.2, 0.25) is 0 Å². The van der Waals surface area contributed by atoms with Gasteiger partial charge in [-0.1, -0.05) is 18.2 Å². The summed E-state index contributed by atoms with van der Waals surface area (Å²) in [5.41, 5.74) is 3.32. The van der Waals surface area contributed by atoms with Gasteiger partial charge in [-0.3, -0.25) is 13.9 Å². The van der Waals surface area contributed by atoms with Gasteiger partial charge in [0.15, 0.2) is 0 Å². The number of hydrogen-bond donors (Lipinski definition) is 1. The number of imidazole rings is 1. The Morgan fingerprint density at radius 3 is 2.77 bits per heavy atom. The second-order valence-electron chi connectivity index (χ2n) is 7.40. The van der Waals surface area contributed by atoms with Crippen LogP contribution in [0.5, 0.6) is 5.75 Å². The van der Waals surface area contributed by atoms with Gasteiger partial charge in [0.25, 0.3) is 5.91 Å². The van der Waals surface area contributed by atoms with Crippen molar-refractivity contribution in [1.29, 1.82) is 0 Å². The third kappa shape index (κ3) is 3.98. The number of carbonyl (C=O) groups excluding carboxylic acids is 1. The largest absolute Gasteiger partial charge is 0.434 e. The fourth-order valence-electron chi connectivity index (χ4n) is 3.47. The van der Waals surface area contributed by atoms with Crippen LogP contribution >= 0.6 is 0 Å². The number of carbonyl (C=O) groups is 1. The van der Waals surface area contributed by atoms with Crippen LogP contribution in [0, 0.1) is 0 Å². The first-order valence-electron chi connectivity index (χ1n) is 9.91. The number of aromatic nitrogens is 4. The zero-order valence-electron chi connectivity index (χ0n) is 16.4. The molecule has 0 radical (unpaired) electrons. The van der Waals surface area contributed by atoms with Crippen molar-refractivity contribution in [2.24, 2.45) is 0 Å². The molecule has 4 aromatic rings. The fraction of sp³-hybridized carbons (Fsp3) is 0.227. The van der Waals surface area contributed by atoms with E-state index in [1.54, 1.807) is 22.6 Å². The van der Waals surface area contributed by atoms with E-state index in [1.807, 2.05) is 35.4 Å². The van der Waals surface area contributed by atoms with Crippen LogP contribution in [0.25, 0.3) is 16.8 Å². The molecule has 0 aliphatic heterocycles. The highest BCUT2D eigenvalue weighted by Crippen LogP contribution is 2.35. The van der Waals surface area contributed by atoms with Crippen molar-refractivity contribution in [3.8, 4) is 16.9 Å². The summed E-state index contributed by atoms with van der Waals surface area (Å²) < 4.78 is 33.4. The number of alkyl halides is 2. The predicted molar refractivity (Wildman–Crippen MR) is 109 cm³/mol. The van der Waals surface area contributed by atoms with Crippen molar-refractivity contribution in [2.75, 3.05) is 0 Å². The number of rotatable bonds is 7. The summed E-state index contributed by atoms with van der Waals surface area (Å²) in [6.45, 7) is -2.89.